The molecule has 0 heterocycles. The maximum Gasteiger partial charge on any atom is 0.319 e. The van der Waals surface area contributed by atoms with Crippen molar-refractivity contribution < 1.29 is 9.53 Å². The van der Waals surface area contributed by atoms with Crippen molar-refractivity contribution in [3.63, 3.8) is 0 Å². The van der Waals surface area contributed by atoms with Crippen molar-refractivity contribution in [2.75, 3.05) is 32.1 Å². The number of hydrogen-bond donors (Lipinski definition) is 3. The highest BCUT2D eigenvalue weighted by atomic mass is 16.5. The zero-order chi connectivity index (χ0) is 14.8. The van der Waals surface area contributed by atoms with Crippen LogP contribution in [0.25, 0.3) is 0 Å². The van der Waals surface area contributed by atoms with Gasteiger partial charge in [0.15, 0.2) is 0 Å². The molecule has 1 aromatic rings. The van der Waals surface area contributed by atoms with Gasteiger partial charge in [-0.15, -0.1) is 0 Å². The predicted octanol–water partition coefficient (Wildman–Crippen LogP) is 2.52. The fraction of sp³-hybridized carbons (Fsp3) is 0.533. The van der Waals surface area contributed by atoms with Crippen molar-refractivity contribution in [3.05, 3.63) is 29.8 Å². The quantitative estimate of drug-likeness (QED) is 0.641. The summed E-state index contributed by atoms with van der Waals surface area (Å²) in [6.45, 7) is 6.40. The summed E-state index contributed by atoms with van der Waals surface area (Å²) < 4.78 is 4.92. The minimum absolute atomic E-state index is 0.186. The van der Waals surface area contributed by atoms with Crippen molar-refractivity contribution in [1.29, 1.82) is 0 Å². The number of amides is 2. The molecule has 0 fully saturated rings. The Hall–Kier alpha value is -1.59. The van der Waals surface area contributed by atoms with Crippen LogP contribution in [0.2, 0.25) is 0 Å². The fourth-order valence-corrected chi connectivity index (χ4v) is 1.87. The summed E-state index contributed by atoms with van der Waals surface area (Å²) in [6.07, 6.45) is 0.809. The number of rotatable bonds is 8. The van der Waals surface area contributed by atoms with Crippen LogP contribution in [0.5, 0.6) is 0 Å². The number of benzene rings is 1. The molecule has 1 aromatic carbocycles. The Labute approximate surface area is 121 Å². The van der Waals surface area contributed by atoms with Gasteiger partial charge < -0.3 is 20.7 Å². The van der Waals surface area contributed by atoms with Crippen molar-refractivity contribution in [2.45, 2.75) is 26.3 Å². The van der Waals surface area contributed by atoms with Crippen LogP contribution in [-0.2, 0) is 4.74 Å². The van der Waals surface area contributed by atoms with Crippen LogP contribution in [0, 0.1) is 0 Å². The average molecular weight is 279 g/mol. The van der Waals surface area contributed by atoms with Gasteiger partial charge in [-0.3, -0.25) is 0 Å². The Morgan fingerprint density at radius 1 is 1.30 bits per heavy atom. The van der Waals surface area contributed by atoms with Crippen LogP contribution < -0.4 is 16.0 Å². The third kappa shape index (κ3) is 6.04. The Morgan fingerprint density at radius 3 is 2.60 bits per heavy atom. The molecule has 0 bridgehead atoms. The summed E-state index contributed by atoms with van der Waals surface area (Å²) in [5.74, 6) is 0. The molecule has 2 amide bonds. The van der Waals surface area contributed by atoms with Gasteiger partial charge in [-0.1, -0.05) is 19.1 Å². The summed E-state index contributed by atoms with van der Waals surface area (Å²) in [5.41, 5.74) is 2.00. The molecule has 0 aliphatic rings. The summed E-state index contributed by atoms with van der Waals surface area (Å²) in [5, 5.41) is 8.94. The van der Waals surface area contributed by atoms with Crippen LogP contribution in [-0.4, -0.2) is 32.8 Å². The van der Waals surface area contributed by atoms with E-state index in [4.69, 9.17) is 4.74 Å². The highest BCUT2D eigenvalue weighted by Crippen LogP contribution is 2.15. The number of urea groups is 1. The van der Waals surface area contributed by atoms with Gasteiger partial charge in [-0.25, -0.2) is 4.79 Å². The highest BCUT2D eigenvalue weighted by molar-refractivity contribution is 5.89. The maximum absolute atomic E-state index is 11.6. The van der Waals surface area contributed by atoms with Crippen LogP contribution in [0.3, 0.4) is 0 Å². The van der Waals surface area contributed by atoms with E-state index < -0.39 is 0 Å². The first kappa shape index (κ1) is 16.5. The van der Waals surface area contributed by atoms with Gasteiger partial charge in [0.05, 0.1) is 0 Å². The normalized spacial score (nSPS) is 11.9. The van der Waals surface area contributed by atoms with Gasteiger partial charge in [-0.2, -0.15) is 0 Å². The summed E-state index contributed by atoms with van der Waals surface area (Å²) in [7, 11) is 1.65. The van der Waals surface area contributed by atoms with E-state index in [9.17, 15) is 4.79 Å². The Bertz CT molecular complexity index is 393. The van der Waals surface area contributed by atoms with Crippen molar-refractivity contribution >= 4 is 11.7 Å². The standard InChI is InChI=1S/C15H25N3O2/c1-4-16-12(2)13-6-8-14(9-7-13)18-15(19)17-10-5-11-20-3/h6-9,12,16H,4-5,10-11H2,1-3H3,(H2,17,18,19). The Balaban J connectivity index is 2.39. The van der Waals surface area contributed by atoms with Crippen LogP contribution >= 0.6 is 0 Å². The molecule has 20 heavy (non-hydrogen) atoms. The number of anilines is 1. The third-order valence-electron chi connectivity index (χ3n) is 2.99. The minimum Gasteiger partial charge on any atom is -0.385 e. The van der Waals surface area contributed by atoms with Gasteiger partial charge in [0.25, 0.3) is 0 Å². The van der Waals surface area contributed by atoms with Crippen LogP contribution in [0.15, 0.2) is 24.3 Å². The van der Waals surface area contributed by atoms with E-state index >= 15 is 0 Å². The molecule has 0 spiro atoms. The largest absolute Gasteiger partial charge is 0.385 e. The van der Waals surface area contributed by atoms with E-state index in [0.717, 1.165) is 18.7 Å². The van der Waals surface area contributed by atoms with Crippen molar-refractivity contribution in [3.8, 4) is 0 Å². The summed E-state index contributed by atoms with van der Waals surface area (Å²) in [4.78, 5) is 11.6. The minimum atomic E-state index is -0.186. The molecule has 1 rings (SSSR count). The molecule has 1 unspecified atom stereocenters. The molecule has 112 valence electrons. The average Bonchev–Trinajstić information content (AvgIpc) is 2.45. The van der Waals surface area contributed by atoms with Gasteiger partial charge in [-0.05, 0) is 37.6 Å². The molecule has 0 saturated carbocycles. The Kier molecular flexibility index (Phi) is 7.69. The molecule has 3 N–H and O–H groups in total. The van der Waals surface area contributed by atoms with Gasteiger partial charge in [0, 0.05) is 32.0 Å². The number of carbonyl (C=O) groups is 1. The molecule has 0 aromatic heterocycles. The SMILES string of the molecule is CCNC(C)c1ccc(NC(=O)NCCCOC)cc1. The van der Waals surface area contributed by atoms with E-state index in [2.05, 4.69) is 29.8 Å². The second kappa shape index (κ2) is 9.34. The molecule has 0 saturated heterocycles. The smallest absolute Gasteiger partial charge is 0.319 e. The fourth-order valence-electron chi connectivity index (χ4n) is 1.87. The topological polar surface area (TPSA) is 62.4 Å². The summed E-state index contributed by atoms with van der Waals surface area (Å²) >= 11 is 0. The lowest BCUT2D eigenvalue weighted by Crippen LogP contribution is -2.30. The zero-order valence-corrected chi connectivity index (χ0v) is 12.5. The molecule has 0 aliphatic heterocycles. The third-order valence-corrected chi connectivity index (χ3v) is 2.99. The number of carbonyl (C=O) groups excluding carboxylic acids is 1. The Morgan fingerprint density at radius 2 is 2.00 bits per heavy atom. The number of hydrogen-bond acceptors (Lipinski definition) is 3. The van der Waals surface area contributed by atoms with Crippen molar-refractivity contribution in [1.82, 2.24) is 10.6 Å². The lowest BCUT2D eigenvalue weighted by Gasteiger charge is -2.13. The van der Waals surface area contributed by atoms with E-state index in [-0.39, 0.29) is 6.03 Å². The van der Waals surface area contributed by atoms with E-state index in [1.165, 1.54) is 5.56 Å². The summed E-state index contributed by atoms with van der Waals surface area (Å²) in [6, 6.07) is 8.00. The zero-order valence-electron chi connectivity index (χ0n) is 12.5. The van der Waals surface area contributed by atoms with E-state index in [1.54, 1.807) is 7.11 Å². The molecule has 1 atom stereocenters. The van der Waals surface area contributed by atoms with Gasteiger partial charge in [0.1, 0.15) is 0 Å². The molecular formula is C15H25N3O2. The number of nitrogens with one attached hydrogen (secondary N) is 3. The molecular weight excluding hydrogens is 254 g/mol. The second-order valence-electron chi connectivity index (χ2n) is 4.63. The predicted molar refractivity (Wildman–Crippen MR) is 82.0 cm³/mol. The first-order valence-corrected chi connectivity index (χ1v) is 7.04. The molecule has 5 nitrogen and oxygen atoms in total. The number of methoxy groups -OCH3 is 1. The second-order valence-corrected chi connectivity index (χ2v) is 4.63. The highest BCUT2D eigenvalue weighted by Gasteiger charge is 2.04. The van der Waals surface area contributed by atoms with Gasteiger partial charge >= 0.3 is 6.03 Å². The molecule has 0 radical (unpaired) electrons. The van der Waals surface area contributed by atoms with Gasteiger partial charge in [0.2, 0.25) is 0 Å². The first-order valence-electron chi connectivity index (χ1n) is 7.04. The van der Waals surface area contributed by atoms with Crippen LogP contribution in [0.4, 0.5) is 10.5 Å². The molecule has 0 aliphatic carbocycles. The van der Waals surface area contributed by atoms with Crippen molar-refractivity contribution in [2.24, 2.45) is 0 Å². The monoisotopic (exact) mass is 279 g/mol. The maximum atomic E-state index is 11.6. The number of ether oxygens (including phenoxy) is 1. The lowest BCUT2D eigenvalue weighted by atomic mass is 10.1. The van der Waals surface area contributed by atoms with E-state index in [0.29, 0.717) is 19.2 Å². The first-order chi connectivity index (χ1) is 9.67. The van der Waals surface area contributed by atoms with Crippen LogP contribution in [0.1, 0.15) is 31.9 Å². The molecule has 5 heteroatoms. The van der Waals surface area contributed by atoms with E-state index in [1.807, 2.05) is 24.3 Å². The lowest BCUT2D eigenvalue weighted by molar-refractivity contribution is 0.194.